The van der Waals surface area contributed by atoms with Crippen molar-refractivity contribution in [2.24, 2.45) is 5.92 Å². The highest BCUT2D eigenvalue weighted by Gasteiger charge is 2.03. The number of rotatable bonds is 4. The highest BCUT2D eigenvalue weighted by molar-refractivity contribution is 7.80. The average Bonchev–Trinajstić information content (AvgIpc) is 2.58. The number of aromatic nitrogens is 2. The quantitative estimate of drug-likeness (QED) is 0.750. The Morgan fingerprint density at radius 2 is 2.20 bits per heavy atom. The molecule has 1 heterocycles. The smallest absolute Gasteiger partial charge is 0.246 e. The minimum atomic E-state index is 0.463. The summed E-state index contributed by atoms with van der Waals surface area (Å²) in [5.74, 6) is 1.74. The third-order valence-electron chi connectivity index (χ3n) is 1.64. The Kier molecular flexibility index (Phi) is 4.48. The molecular weight excluding hydrogens is 212 g/mol. The molecule has 2 N–H and O–H groups in total. The van der Waals surface area contributed by atoms with Crippen molar-refractivity contribution in [3.63, 3.8) is 0 Å². The lowest BCUT2D eigenvalue weighted by molar-refractivity contribution is 0.371. The maximum atomic E-state index is 5.07. The molecule has 84 valence electrons. The molecule has 0 unspecified atom stereocenters. The van der Waals surface area contributed by atoms with Crippen molar-refractivity contribution in [1.82, 2.24) is 20.8 Å². The third-order valence-corrected chi connectivity index (χ3v) is 1.93. The summed E-state index contributed by atoms with van der Waals surface area (Å²) in [4.78, 5) is 4.05. The molecule has 0 aliphatic rings. The van der Waals surface area contributed by atoms with Gasteiger partial charge in [-0.1, -0.05) is 19.0 Å². The molecule has 0 radical (unpaired) electrons. The van der Waals surface area contributed by atoms with Gasteiger partial charge in [-0.15, -0.1) is 0 Å². The molecular formula is C9H16N4OS. The van der Waals surface area contributed by atoms with E-state index >= 15 is 0 Å². The zero-order valence-corrected chi connectivity index (χ0v) is 10.0. The van der Waals surface area contributed by atoms with Gasteiger partial charge in [0.1, 0.15) is 0 Å². The molecule has 0 spiro atoms. The molecule has 1 aromatic rings. The predicted octanol–water partition coefficient (Wildman–Crippen LogP) is 0.998. The van der Waals surface area contributed by atoms with Crippen LogP contribution in [0.4, 0.5) is 0 Å². The summed E-state index contributed by atoms with van der Waals surface area (Å²) in [6, 6.07) is 0. The van der Waals surface area contributed by atoms with E-state index in [1.807, 2.05) is 0 Å². The van der Waals surface area contributed by atoms with Gasteiger partial charge in [-0.2, -0.15) is 4.98 Å². The van der Waals surface area contributed by atoms with Crippen LogP contribution in [0.3, 0.4) is 0 Å². The third kappa shape index (κ3) is 4.73. The van der Waals surface area contributed by atoms with Crippen LogP contribution in [0, 0.1) is 12.8 Å². The Hall–Kier alpha value is -1.17. The van der Waals surface area contributed by atoms with E-state index in [9.17, 15) is 0 Å². The molecule has 5 nitrogen and oxygen atoms in total. The van der Waals surface area contributed by atoms with Crippen LogP contribution in [0.2, 0.25) is 0 Å². The monoisotopic (exact) mass is 228 g/mol. The molecule has 0 saturated carbocycles. The first-order valence-electron chi connectivity index (χ1n) is 4.89. The molecule has 0 saturated heterocycles. The highest BCUT2D eigenvalue weighted by Crippen LogP contribution is 1.94. The van der Waals surface area contributed by atoms with E-state index in [4.69, 9.17) is 16.7 Å². The molecule has 0 fully saturated rings. The minimum Gasteiger partial charge on any atom is -0.362 e. The normalized spacial score (nSPS) is 10.4. The van der Waals surface area contributed by atoms with Crippen molar-refractivity contribution in [2.45, 2.75) is 27.3 Å². The van der Waals surface area contributed by atoms with Gasteiger partial charge in [-0.3, -0.25) is 0 Å². The topological polar surface area (TPSA) is 63.0 Å². The number of nitrogens with zero attached hydrogens (tertiary/aromatic N) is 2. The van der Waals surface area contributed by atoms with Crippen molar-refractivity contribution in [3.8, 4) is 0 Å². The average molecular weight is 228 g/mol. The van der Waals surface area contributed by atoms with E-state index < -0.39 is 0 Å². The van der Waals surface area contributed by atoms with Crippen LogP contribution in [-0.2, 0) is 6.54 Å². The first-order chi connectivity index (χ1) is 7.08. The van der Waals surface area contributed by atoms with Gasteiger partial charge < -0.3 is 15.2 Å². The zero-order chi connectivity index (χ0) is 11.3. The molecule has 0 amide bonds. The van der Waals surface area contributed by atoms with Gasteiger partial charge >= 0.3 is 0 Å². The molecule has 1 aromatic heterocycles. The van der Waals surface area contributed by atoms with Crippen molar-refractivity contribution in [2.75, 3.05) is 6.54 Å². The van der Waals surface area contributed by atoms with Gasteiger partial charge in [-0.25, -0.2) is 0 Å². The van der Waals surface area contributed by atoms with Crippen molar-refractivity contribution < 1.29 is 4.52 Å². The standard InChI is InChI=1S/C9H16N4OS/c1-6(2)4-10-9(15)11-5-8-12-7(3)13-14-8/h6H,4-5H2,1-3H3,(H2,10,11,15). The summed E-state index contributed by atoms with van der Waals surface area (Å²) < 4.78 is 4.93. The lowest BCUT2D eigenvalue weighted by Crippen LogP contribution is -2.36. The lowest BCUT2D eigenvalue weighted by Gasteiger charge is -2.10. The predicted molar refractivity (Wildman–Crippen MR) is 61.3 cm³/mol. The highest BCUT2D eigenvalue weighted by atomic mass is 32.1. The van der Waals surface area contributed by atoms with Crippen molar-refractivity contribution in [3.05, 3.63) is 11.7 Å². The van der Waals surface area contributed by atoms with E-state index in [-0.39, 0.29) is 0 Å². The fourth-order valence-corrected chi connectivity index (χ4v) is 1.08. The molecule has 15 heavy (non-hydrogen) atoms. The number of nitrogens with one attached hydrogen (secondary N) is 2. The summed E-state index contributed by atoms with van der Waals surface area (Å²) in [7, 11) is 0. The Morgan fingerprint density at radius 1 is 1.47 bits per heavy atom. The molecule has 0 bridgehead atoms. The van der Waals surface area contributed by atoms with E-state index in [0.717, 1.165) is 6.54 Å². The van der Waals surface area contributed by atoms with Gasteiger partial charge in [0.05, 0.1) is 6.54 Å². The largest absolute Gasteiger partial charge is 0.362 e. The first-order valence-corrected chi connectivity index (χ1v) is 5.29. The van der Waals surface area contributed by atoms with Crippen LogP contribution in [-0.4, -0.2) is 21.8 Å². The number of thiocarbonyl (C=S) groups is 1. The zero-order valence-electron chi connectivity index (χ0n) is 9.20. The van der Waals surface area contributed by atoms with E-state index in [0.29, 0.717) is 29.3 Å². The van der Waals surface area contributed by atoms with Crippen molar-refractivity contribution >= 4 is 17.3 Å². The van der Waals surface area contributed by atoms with Crippen LogP contribution in [0.25, 0.3) is 0 Å². The summed E-state index contributed by atoms with van der Waals surface area (Å²) in [5.41, 5.74) is 0. The fourth-order valence-electron chi connectivity index (χ4n) is 0.927. The van der Waals surface area contributed by atoms with E-state index in [2.05, 4.69) is 34.6 Å². The van der Waals surface area contributed by atoms with Crippen LogP contribution >= 0.6 is 12.2 Å². The Morgan fingerprint density at radius 3 is 2.73 bits per heavy atom. The summed E-state index contributed by atoms with van der Waals surface area (Å²) >= 11 is 5.07. The Bertz CT molecular complexity index is 324. The van der Waals surface area contributed by atoms with Crippen LogP contribution < -0.4 is 10.6 Å². The summed E-state index contributed by atoms with van der Waals surface area (Å²) in [6.07, 6.45) is 0. The Labute approximate surface area is 94.6 Å². The van der Waals surface area contributed by atoms with Gasteiger partial charge in [0.2, 0.25) is 5.89 Å². The summed E-state index contributed by atoms with van der Waals surface area (Å²) in [6.45, 7) is 7.34. The molecule has 0 atom stereocenters. The fraction of sp³-hybridized carbons (Fsp3) is 0.667. The number of hydrogen-bond acceptors (Lipinski definition) is 4. The molecule has 0 aliphatic carbocycles. The van der Waals surface area contributed by atoms with Crippen molar-refractivity contribution in [1.29, 1.82) is 0 Å². The van der Waals surface area contributed by atoms with Gasteiger partial charge in [-0.05, 0) is 25.1 Å². The van der Waals surface area contributed by atoms with Crippen LogP contribution in [0.15, 0.2) is 4.52 Å². The van der Waals surface area contributed by atoms with Crippen LogP contribution in [0.1, 0.15) is 25.6 Å². The van der Waals surface area contributed by atoms with Gasteiger partial charge in [0.15, 0.2) is 10.9 Å². The lowest BCUT2D eigenvalue weighted by atomic mass is 10.2. The molecule has 1 rings (SSSR count). The second-order valence-corrected chi connectivity index (χ2v) is 4.10. The maximum Gasteiger partial charge on any atom is 0.246 e. The first kappa shape index (κ1) is 11.9. The van der Waals surface area contributed by atoms with E-state index in [1.54, 1.807) is 6.92 Å². The van der Waals surface area contributed by atoms with E-state index in [1.165, 1.54) is 0 Å². The number of aryl methyl sites for hydroxylation is 1. The second-order valence-electron chi connectivity index (χ2n) is 3.69. The van der Waals surface area contributed by atoms with Crippen LogP contribution in [0.5, 0.6) is 0 Å². The minimum absolute atomic E-state index is 0.463. The maximum absolute atomic E-state index is 5.07. The van der Waals surface area contributed by atoms with Gasteiger partial charge in [0, 0.05) is 6.54 Å². The SMILES string of the molecule is Cc1noc(CNC(=S)NCC(C)C)n1. The molecule has 6 heteroatoms. The Balaban J connectivity index is 2.22. The van der Waals surface area contributed by atoms with Gasteiger partial charge in [0.25, 0.3) is 0 Å². The number of hydrogen-bond donors (Lipinski definition) is 2. The second kappa shape index (κ2) is 5.65. The molecule has 0 aromatic carbocycles. The molecule has 0 aliphatic heterocycles. The summed E-state index contributed by atoms with van der Waals surface area (Å²) in [5, 5.41) is 10.4.